The molecule has 2 aliphatic heterocycles. The van der Waals surface area contributed by atoms with Crippen molar-refractivity contribution in [3.8, 4) is 33.4 Å². The van der Waals surface area contributed by atoms with Crippen LogP contribution in [-0.4, -0.2) is 6.85 Å². The number of fused-ring (bicyclic) bond motifs is 4. The van der Waals surface area contributed by atoms with Crippen LogP contribution < -0.4 is 25.5 Å². The van der Waals surface area contributed by atoms with Crippen molar-refractivity contribution in [2.75, 3.05) is 14.6 Å². The van der Waals surface area contributed by atoms with Gasteiger partial charge in [0.1, 0.15) is 0 Å². The highest BCUT2D eigenvalue weighted by atomic mass is 15.2. The summed E-state index contributed by atoms with van der Waals surface area (Å²) in [5, 5.41) is 0. The Balaban J connectivity index is 1.20. The van der Waals surface area contributed by atoms with Crippen molar-refractivity contribution in [3.05, 3.63) is 230 Å². The van der Waals surface area contributed by atoms with E-state index < -0.39 is 0 Å². The van der Waals surface area contributed by atoms with E-state index >= 15 is 0 Å². The Kier molecular flexibility index (Phi) is 8.71. The van der Waals surface area contributed by atoms with Crippen molar-refractivity contribution in [2.45, 2.75) is 13.8 Å². The number of rotatable bonds is 7. The molecule has 0 bridgehead atoms. The van der Waals surface area contributed by atoms with Gasteiger partial charge in [-0.15, -0.1) is 0 Å². The van der Waals surface area contributed by atoms with Gasteiger partial charge in [0.15, 0.2) is 0 Å². The van der Waals surface area contributed by atoms with E-state index in [1.54, 1.807) is 0 Å². The average molecular weight is 768 g/mol. The summed E-state index contributed by atoms with van der Waals surface area (Å²) in [6.07, 6.45) is 0. The number of aryl methyl sites for hydroxylation is 2. The van der Waals surface area contributed by atoms with Gasteiger partial charge in [-0.2, -0.15) is 0 Å². The van der Waals surface area contributed by atoms with Crippen LogP contribution >= 0.6 is 0 Å². The van der Waals surface area contributed by atoms with Crippen LogP contribution in [0.5, 0.6) is 0 Å². The number of anilines is 8. The quantitative estimate of drug-likeness (QED) is 0.150. The summed E-state index contributed by atoms with van der Waals surface area (Å²) in [6, 6.07) is 79.8. The molecule has 0 unspecified atom stereocenters. The molecular weight excluding hydrogens is 725 g/mol. The van der Waals surface area contributed by atoms with Gasteiger partial charge in [0.2, 0.25) is 0 Å². The van der Waals surface area contributed by atoms with Crippen molar-refractivity contribution < 1.29 is 0 Å². The smallest absolute Gasteiger partial charge is 0.333 e. The first kappa shape index (κ1) is 35.6. The van der Waals surface area contributed by atoms with E-state index in [-0.39, 0.29) is 6.85 Å². The van der Waals surface area contributed by atoms with Crippen LogP contribution in [0.3, 0.4) is 0 Å². The highest BCUT2D eigenvalue weighted by Gasteiger charge is 2.45. The van der Waals surface area contributed by atoms with E-state index in [9.17, 15) is 0 Å². The zero-order valence-corrected chi connectivity index (χ0v) is 33.7. The molecule has 60 heavy (non-hydrogen) atoms. The van der Waals surface area contributed by atoms with Crippen LogP contribution in [0.1, 0.15) is 11.1 Å². The number of hydrogen-bond acceptors (Lipinski definition) is 3. The second-order valence-corrected chi connectivity index (χ2v) is 15.9. The molecule has 3 nitrogen and oxygen atoms in total. The molecule has 0 amide bonds. The predicted octanol–water partition coefficient (Wildman–Crippen LogP) is 13.8. The first-order valence-electron chi connectivity index (χ1n) is 20.8. The summed E-state index contributed by atoms with van der Waals surface area (Å²) in [5.41, 5.74) is 21.6. The molecule has 0 aromatic heterocycles. The van der Waals surface area contributed by atoms with Gasteiger partial charge in [-0.3, -0.25) is 0 Å². The van der Waals surface area contributed by atoms with Crippen LogP contribution in [-0.2, 0) is 0 Å². The highest BCUT2D eigenvalue weighted by molar-refractivity contribution is 6.93. The van der Waals surface area contributed by atoms with E-state index in [1.165, 1.54) is 78.2 Å². The van der Waals surface area contributed by atoms with E-state index in [0.717, 1.165) is 22.7 Å². The molecule has 2 heterocycles. The Bertz CT molecular complexity index is 2980. The maximum atomic E-state index is 2.60. The first-order chi connectivity index (χ1) is 29.6. The minimum Gasteiger partial charge on any atom is -0.376 e. The third kappa shape index (κ3) is 5.99. The van der Waals surface area contributed by atoms with Gasteiger partial charge in [0.25, 0.3) is 0 Å². The molecule has 0 N–H and O–H groups in total. The lowest BCUT2D eigenvalue weighted by Gasteiger charge is -2.46. The molecule has 0 radical (unpaired) electrons. The summed E-state index contributed by atoms with van der Waals surface area (Å²) in [5.74, 6) is 0. The first-order valence-corrected chi connectivity index (χ1v) is 20.8. The molecule has 2 aliphatic rings. The Hall–Kier alpha value is -7.56. The lowest BCUT2D eigenvalue weighted by atomic mass is 9.43. The van der Waals surface area contributed by atoms with Crippen LogP contribution in [0.25, 0.3) is 33.4 Å². The van der Waals surface area contributed by atoms with E-state index in [1.807, 2.05) is 0 Å². The third-order valence-electron chi connectivity index (χ3n) is 12.1. The zero-order chi connectivity index (χ0) is 40.2. The topological polar surface area (TPSA) is 9.72 Å². The number of para-hydroxylation sites is 3. The molecule has 9 aromatic carbocycles. The molecule has 0 saturated carbocycles. The number of nitrogens with zero attached hydrogens (tertiary/aromatic N) is 3. The van der Waals surface area contributed by atoms with E-state index in [4.69, 9.17) is 0 Å². The Labute approximate surface area is 353 Å². The molecule has 4 heteroatoms. The predicted molar refractivity (Wildman–Crippen MR) is 255 cm³/mol. The van der Waals surface area contributed by atoms with Gasteiger partial charge in [-0.25, -0.2) is 0 Å². The van der Waals surface area contributed by atoms with E-state index in [0.29, 0.717) is 0 Å². The largest absolute Gasteiger partial charge is 0.376 e. The van der Waals surface area contributed by atoms with Crippen molar-refractivity contribution in [1.29, 1.82) is 0 Å². The summed E-state index contributed by atoms with van der Waals surface area (Å²) < 4.78 is 0. The Morgan fingerprint density at radius 3 is 1.63 bits per heavy atom. The van der Waals surface area contributed by atoms with Gasteiger partial charge < -0.3 is 14.6 Å². The SMILES string of the molecule is Cc1cc2c3c(c1)N(c1ccc(-c4ccccc4)cc1C)c1ccc(N(c4ccccc4)c4ccccc4)cc1B3N(c1cccc(-c3ccccc3)c1)c1ccccc1-2. The maximum absolute atomic E-state index is 2.60. The molecule has 284 valence electrons. The Morgan fingerprint density at radius 1 is 0.383 bits per heavy atom. The standard InChI is InChI=1S/C56H42BN3/c1-39-34-50-49-28-15-16-29-53(49)60(48-27-17-22-43(37-48)41-18-7-3-8-19-41)57-51-38-47(58(45-23-11-5-12-24-45)46-25-13-6-14-26-46)31-33-54(51)59(55(35-39)56(50)57)52-32-30-44(36-40(52)2)42-20-9-4-10-21-42/h3-38H,1-2H3. The van der Waals surface area contributed by atoms with Gasteiger partial charge >= 0.3 is 6.85 Å². The third-order valence-corrected chi connectivity index (χ3v) is 12.1. The van der Waals surface area contributed by atoms with Crippen molar-refractivity contribution >= 4 is 63.3 Å². The Morgan fingerprint density at radius 2 is 0.967 bits per heavy atom. The molecule has 0 atom stereocenters. The summed E-state index contributed by atoms with van der Waals surface area (Å²) in [6.45, 7) is 4.37. The molecule has 0 saturated heterocycles. The van der Waals surface area contributed by atoms with Gasteiger partial charge in [-0.05, 0) is 143 Å². The second-order valence-electron chi connectivity index (χ2n) is 15.9. The number of benzene rings is 9. The molecule has 11 rings (SSSR count). The summed E-state index contributed by atoms with van der Waals surface area (Å²) in [4.78, 5) is 7.52. The van der Waals surface area contributed by atoms with Crippen molar-refractivity contribution in [3.63, 3.8) is 0 Å². The lowest BCUT2D eigenvalue weighted by molar-refractivity contribution is 1.23. The molecule has 0 aliphatic carbocycles. The van der Waals surface area contributed by atoms with Crippen LogP contribution in [0.4, 0.5) is 45.5 Å². The van der Waals surface area contributed by atoms with Crippen molar-refractivity contribution in [2.24, 2.45) is 0 Å². The fourth-order valence-electron chi connectivity index (χ4n) is 9.51. The van der Waals surface area contributed by atoms with Gasteiger partial charge in [-0.1, -0.05) is 140 Å². The fourth-order valence-corrected chi connectivity index (χ4v) is 9.51. The second kappa shape index (κ2) is 14.7. The number of hydrogen-bond donors (Lipinski definition) is 0. The molecule has 0 fully saturated rings. The summed E-state index contributed by atoms with van der Waals surface area (Å²) in [7, 11) is 0. The minimum atomic E-state index is -0.125. The lowest BCUT2D eigenvalue weighted by Crippen LogP contribution is -2.61. The van der Waals surface area contributed by atoms with Crippen LogP contribution in [0.15, 0.2) is 218 Å². The van der Waals surface area contributed by atoms with E-state index in [2.05, 4.69) is 247 Å². The maximum Gasteiger partial charge on any atom is 0.333 e. The van der Waals surface area contributed by atoms with Gasteiger partial charge in [0, 0.05) is 51.1 Å². The minimum absolute atomic E-state index is 0.125. The zero-order valence-electron chi connectivity index (χ0n) is 33.7. The highest BCUT2D eigenvalue weighted by Crippen LogP contribution is 2.49. The van der Waals surface area contributed by atoms with Crippen LogP contribution in [0.2, 0.25) is 0 Å². The molecule has 9 aromatic rings. The molecular formula is C56H42BN3. The normalized spacial score (nSPS) is 12.4. The van der Waals surface area contributed by atoms with Crippen molar-refractivity contribution in [1.82, 2.24) is 0 Å². The monoisotopic (exact) mass is 767 g/mol. The molecule has 0 spiro atoms. The summed E-state index contributed by atoms with van der Waals surface area (Å²) >= 11 is 0. The van der Waals surface area contributed by atoms with Gasteiger partial charge in [0.05, 0.1) is 0 Å². The average Bonchev–Trinajstić information content (AvgIpc) is 3.31. The fraction of sp³-hybridized carbons (Fsp3) is 0.0357. The van der Waals surface area contributed by atoms with Crippen LogP contribution in [0, 0.1) is 13.8 Å².